The summed E-state index contributed by atoms with van der Waals surface area (Å²) in [6, 6.07) is 7.73. The van der Waals surface area contributed by atoms with Crippen molar-refractivity contribution in [3.63, 3.8) is 0 Å². The Balaban J connectivity index is 1.81. The number of piperazine rings is 1. The normalized spacial score (nSPS) is 16.3. The van der Waals surface area contributed by atoms with Crippen LogP contribution in [0, 0.1) is 0 Å². The molecule has 1 aromatic carbocycles. The molecule has 0 saturated carbocycles. The van der Waals surface area contributed by atoms with E-state index in [1.807, 2.05) is 29.2 Å². The Morgan fingerprint density at radius 2 is 2.00 bits per heavy atom. The topological polar surface area (TPSA) is 56.7 Å². The Labute approximate surface area is 127 Å². The van der Waals surface area contributed by atoms with Crippen molar-refractivity contribution in [1.29, 1.82) is 0 Å². The molecule has 2 aromatic rings. The minimum absolute atomic E-state index is 0.112. The van der Waals surface area contributed by atoms with Crippen LogP contribution in [0.3, 0.4) is 0 Å². The highest BCUT2D eigenvalue weighted by Gasteiger charge is 2.20. The van der Waals surface area contributed by atoms with Crippen LogP contribution in [-0.4, -0.2) is 53.7 Å². The van der Waals surface area contributed by atoms with Crippen molar-refractivity contribution in [2.24, 2.45) is 0 Å². The molecule has 1 aliphatic rings. The Morgan fingerprint density at radius 1 is 1.24 bits per heavy atom. The van der Waals surface area contributed by atoms with Crippen molar-refractivity contribution < 1.29 is 9.90 Å². The first kappa shape index (κ1) is 14.1. The molecule has 1 fully saturated rings. The van der Waals surface area contributed by atoms with Gasteiger partial charge in [0, 0.05) is 48.5 Å². The summed E-state index contributed by atoms with van der Waals surface area (Å²) in [4.78, 5) is 19.3. The highest BCUT2D eigenvalue weighted by molar-refractivity contribution is 6.31. The summed E-state index contributed by atoms with van der Waals surface area (Å²) in [6.07, 6.45) is 1.79. The van der Waals surface area contributed by atoms with Crippen LogP contribution >= 0.6 is 11.6 Å². The molecule has 0 bridgehead atoms. The summed E-state index contributed by atoms with van der Waals surface area (Å²) in [7, 11) is 0. The number of benzene rings is 1. The number of hydrogen-bond donors (Lipinski definition) is 1. The second-order valence-corrected chi connectivity index (χ2v) is 5.58. The van der Waals surface area contributed by atoms with Gasteiger partial charge in [-0.2, -0.15) is 0 Å². The number of rotatable bonds is 3. The van der Waals surface area contributed by atoms with Gasteiger partial charge in [0.1, 0.15) is 0 Å². The van der Waals surface area contributed by atoms with Gasteiger partial charge in [-0.3, -0.25) is 14.7 Å². The van der Waals surface area contributed by atoms with E-state index in [1.165, 1.54) is 0 Å². The SMILES string of the molecule is O=C(O)CN1CCN(c2ccnc3cc(Cl)ccc23)CC1. The van der Waals surface area contributed by atoms with Gasteiger partial charge in [-0.05, 0) is 24.3 Å². The van der Waals surface area contributed by atoms with Gasteiger partial charge in [0.25, 0.3) is 0 Å². The lowest BCUT2D eigenvalue weighted by atomic mass is 10.1. The number of fused-ring (bicyclic) bond motifs is 1. The van der Waals surface area contributed by atoms with E-state index in [2.05, 4.69) is 9.88 Å². The number of pyridine rings is 1. The third-order valence-electron chi connectivity index (χ3n) is 3.75. The van der Waals surface area contributed by atoms with E-state index >= 15 is 0 Å². The quantitative estimate of drug-likeness (QED) is 0.941. The van der Waals surface area contributed by atoms with E-state index in [1.54, 1.807) is 6.20 Å². The molecule has 1 saturated heterocycles. The number of nitrogens with zero attached hydrogens (tertiary/aromatic N) is 3. The van der Waals surface area contributed by atoms with Gasteiger partial charge in [-0.1, -0.05) is 11.6 Å². The van der Waals surface area contributed by atoms with E-state index in [4.69, 9.17) is 16.7 Å². The van der Waals surface area contributed by atoms with E-state index in [0.29, 0.717) is 5.02 Å². The molecule has 0 amide bonds. The first-order chi connectivity index (χ1) is 10.1. The molecular formula is C15H16ClN3O2. The molecule has 110 valence electrons. The minimum Gasteiger partial charge on any atom is -0.480 e. The van der Waals surface area contributed by atoms with Crippen molar-refractivity contribution >= 4 is 34.2 Å². The number of anilines is 1. The lowest BCUT2D eigenvalue weighted by Crippen LogP contribution is -2.48. The smallest absolute Gasteiger partial charge is 0.317 e. The number of hydrogen-bond acceptors (Lipinski definition) is 4. The van der Waals surface area contributed by atoms with Crippen LogP contribution in [-0.2, 0) is 4.79 Å². The number of halogens is 1. The predicted octanol–water partition coefficient (Wildman–Crippen LogP) is 2.09. The summed E-state index contributed by atoms with van der Waals surface area (Å²) in [5.41, 5.74) is 2.01. The van der Waals surface area contributed by atoms with Crippen molar-refractivity contribution in [2.45, 2.75) is 0 Å². The summed E-state index contributed by atoms with van der Waals surface area (Å²) in [6.45, 7) is 3.25. The fraction of sp³-hybridized carbons (Fsp3) is 0.333. The number of aromatic nitrogens is 1. The molecule has 1 N–H and O–H groups in total. The van der Waals surface area contributed by atoms with Crippen molar-refractivity contribution in [3.05, 3.63) is 35.5 Å². The van der Waals surface area contributed by atoms with Crippen LogP contribution in [0.4, 0.5) is 5.69 Å². The average molecular weight is 306 g/mol. The fourth-order valence-corrected chi connectivity index (χ4v) is 2.89. The van der Waals surface area contributed by atoms with Gasteiger partial charge in [0.2, 0.25) is 0 Å². The highest BCUT2D eigenvalue weighted by atomic mass is 35.5. The molecule has 2 heterocycles. The lowest BCUT2D eigenvalue weighted by Gasteiger charge is -2.35. The van der Waals surface area contributed by atoms with Crippen LogP contribution in [0.25, 0.3) is 10.9 Å². The predicted molar refractivity (Wildman–Crippen MR) is 83.0 cm³/mol. The second kappa shape index (κ2) is 5.87. The Hall–Kier alpha value is -1.85. The van der Waals surface area contributed by atoms with Gasteiger partial charge in [0.15, 0.2) is 0 Å². The third kappa shape index (κ3) is 3.09. The summed E-state index contributed by atoms with van der Waals surface area (Å²) < 4.78 is 0. The Bertz CT molecular complexity index is 669. The molecule has 21 heavy (non-hydrogen) atoms. The monoisotopic (exact) mass is 305 g/mol. The van der Waals surface area contributed by atoms with Crippen LogP contribution in [0.15, 0.2) is 30.5 Å². The van der Waals surface area contributed by atoms with Crippen LogP contribution in [0.2, 0.25) is 5.02 Å². The van der Waals surface area contributed by atoms with E-state index in [-0.39, 0.29) is 6.54 Å². The third-order valence-corrected chi connectivity index (χ3v) is 3.99. The first-order valence-electron chi connectivity index (χ1n) is 6.87. The maximum atomic E-state index is 10.7. The van der Waals surface area contributed by atoms with Gasteiger partial charge in [0.05, 0.1) is 12.1 Å². The number of carboxylic acids is 1. The minimum atomic E-state index is -0.771. The van der Waals surface area contributed by atoms with E-state index < -0.39 is 5.97 Å². The molecule has 5 nitrogen and oxygen atoms in total. The standard InChI is InChI=1S/C15H16ClN3O2/c16-11-1-2-12-13(9-11)17-4-3-14(12)19-7-5-18(6-8-19)10-15(20)21/h1-4,9H,5-8,10H2,(H,20,21). The summed E-state index contributed by atoms with van der Waals surface area (Å²) in [5.74, 6) is -0.771. The number of carboxylic acid groups (broad SMARTS) is 1. The van der Waals surface area contributed by atoms with Gasteiger partial charge in [-0.15, -0.1) is 0 Å². The number of carbonyl (C=O) groups is 1. The molecule has 1 aliphatic heterocycles. The Morgan fingerprint density at radius 3 is 2.71 bits per heavy atom. The van der Waals surface area contributed by atoms with Crippen LogP contribution in [0.1, 0.15) is 0 Å². The maximum absolute atomic E-state index is 10.7. The molecular weight excluding hydrogens is 290 g/mol. The lowest BCUT2D eigenvalue weighted by molar-refractivity contribution is -0.138. The molecule has 1 aromatic heterocycles. The van der Waals surface area contributed by atoms with Gasteiger partial charge in [-0.25, -0.2) is 0 Å². The zero-order valence-corrected chi connectivity index (χ0v) is 12.3. The van der Waals surface area contributed by atoms with Crippen molar-refractivity contribution in [1.82, 2.24) is 9.88 Å². The Kier molecular flexibility index (Phi) is 3.94. The van der Waals surface area contributed by atoms with Crippen molar-refractivity contribution in [2.75, 3.05) is 37.6 Å². The van der Waals surface area contributed by atoms with E-state index in [0.717, 1.165) is 42.8 Å². The van der Waals surface area contributed by atoms with Gasteiger partial charge >= 0.3 is 5.97 Å². The molecule has 0 unspecified atom stereocenters. The van der Waals surface area contributed by atoms with Crippen LogP contribution < -0.4 is 4.90 Å². The number of aliphatic carboxylic acids is 1. The molecule has 0 spiro atoms. The highest BCUT2D eigenvalue weighted by Crippen LogP contribution is 2.28. The molecule has 0 atom stereocenters. The average Bonchev–Trinajstić information content (AvgIpc) is 2.46. The maximum Gasteiger partial charge on any atom is 0.317 e. The van der Waals surface area contributed by atoms with Gasteiger partial charge < -0.3 is 10.0 Å². The summed E-state index contributed by atoms with van der Waals surface area (Å²) >= 11 is 6.01. The largest absolute Gasteiger partial charge is 0.480 e. The molecule has 6 heteroatoms. The molecule has 0 radical (unpaired) electrons. The zero-order valence-electron chi connectivity index (χ0n) is 11.5. The van der Waals surface area contributed by atoms with E-state index in [9.17, 15) is 4.79 Å². The first-order valence-corrected chi connectivity index (χ1v) is 7.24. The van der Waals surface area contributed by atoms with Crippen LogP contribution in [0.5, 0.6) is 0 Å². The van der Waals surface area contributed by atoms with Crippen molar-refractivity contribution in [3.8, 4) is 0 Å². The molecule has 3 rings (SSSR count). The second-order valence-electron chi connectivity index (χ2n) is 5.15. The molecule has 0 aliphatic carbocycles. The zero-order chi connectivity index (χ0) is 14.8. The fourth-order valence-electron chi connectivity index (χ4n) is 2.72. The summed E-state index contributed by atoms with van der Waals surface area (Å²) in [5, 5.41) is 10.6.